The predicted molar refractivity (Wildman–Crippen MR) is 76.6 cm³/mol. The average Bonchev–Trinajstić information content (AvgIpc) is 3.06. The Morgan fingerprint density at radius 2 is 2.20 bits per heavy atom. The third-order valence-corrected chi connectivity index (χ3v) is 3.96. The maximum Gasteiger partial charge on any atom is 0.305 e. The number of carbonyl (C=O) groups excluding carboxylic acids is 1. The van der Waals surface area contributed by atoms with Gasteiger partial charge in [-0.15, -0.1) is 11.3 Å². The fourth-order valence-electron chi connectivity index (χ4n) is 2.00. The first-order chi connectivity index (χ1) is 9.78. The molecule has 3 rings (SSSR count). The molecule has 0 amide bonds. The molecule has 0 aromatic carbocycles. The molecule has 0 aliphatic carbocycles. The van der Waals surface area contributed by atoms with Crippen LogP contribution in [0.4, 0.5) is 0 Å². The molecule has 0 N–H and O–H groups in total. The van der Waals surface area contributed by atoms with Gasteiger partial charge in [-0.1, -0.05) is 0 Å². The van der Waals surface area contributed by atoms with Crippen LogP contribution in [-0.2, 0) is 16.0 Å². The zero-order valence-electron chi connectivity index (χ0n) is 10.9. The van der Waals surface area contributed by atoms with Gasteiger partial charge in [0.25, 0.3) is 0 Å². The van der Waals surface area contributed by atoms with E-state index in [2.05, 4.69) is 14.7 Å². The number of esters is 1. The summed E-state index contributed by atoms with van der Waals surface area (Å²) in [5.41, 5.74) is 3.02. The number of aryl methyl sites for hydroxylation is 1. The molecule has 0 fully saturated rings. The number of imidazole rings is 1. The number of fused-ring (bicyclic) bond motifs is 1. The second kappa shape index (κ2) is 5.42. The highest BCUT2D eigenvalue weighted by molar-refractivity contribution is 7.15. The van der Waals surface area contributed by atoms with Crippen LogP contribution in [0.5, 0.6) is 0 Å². The fraction of sp³-hybridized carbons (Fsp3) is 0.214. The predicted octanol–water partition coefficient (Wildman–Crippen LogP) is 2.56. The van der Waals surface area contributed by atoms with Crippen molar-refractivity contribution in [2.24, 2.45) is 0 Å². The summed E-state index contributed by atoms with van der Waals surface area (Å²) in [6.45, 7) is 0. The van der Waals surface area contributed by atoms with Crippen LogP contribution in [0.15, 0.2) is 36.1 Å². The van der Waals surface area contributed by atoms with Gasteiger partial charge < -0.3 is 4.74 Å². The van der Waals surface area contributed by atoms with Crippen molar-refractivity contribution in [3.05, 3.63) is 41.8 Å². The van der Waals surface area contributed by atoms with Crippen molar-refractivity contribution in [1.29, 1.82) is 0 Å². The second-order valence-electron chi connectivity index (χ2n) is 4.32. The number of pyridine rings is 1. The minimum atomic E-state index is -0.196. The van der Waals surface area contributed by atoms with Gasteiger partial charge in [-0.05, 0) is 18.6 Å². The molecule has 0 spiro atoms. The first kappa shape index (κ1) is 12.8. The van der Waals surface area contributed by atoms with Crippen LogP contribution in [-0.4, -0.2) is 27.4 Å². The largest absolute Gasteiger partial charge is 0.469 e. The molecule has 0 bridgehead atoms. The summed E-state index contributed by atoms with van der Waals surface area (Å²) >= 11 is 1.57. The highest BCUT2D eigenvalue weighted by atomic mass is 32.1. The Bertz CT molecular complexity index is 733. The van der Waals surface area contributed by atoms with Crippen molar-refractivity contribution in [3.63, 3.8) is 0 Å². The quantitative estimate of drug-likeness (QED) is 0.692. The Morgan fingerprint density at radius 3 is 2.95 bits per heavy atom. The Labute approximate surface area is 119 Å². The molecule has 3 aromatic rings. The van der Waals surface area contributed by atoms with E-state index >= 15 is 0 Å². The van der Waals surface area contributed by atoms with Crippen molar-refractivity contribution in [2.75, 3.05) is 7.11 Å². The minimum absolute atomic E-state index is 0.196. The van der Waals surface area contributed by atoms with Crippen LogP contribution in [0.1, 0.15) is 12.1 Å². The van der Waals surface area contributed by atoms with E-state index in [-0.39, 0.29) is 5.97 Å². The second-order valence-corrected chi connectivity index (χ2v) is 5.15. The van der Waals surface area contributed by atoms with E-state index in [4.69, 9.17) is 0 Å². The molecule has 0 saturated heterocycles. The molecule has 3 aromatic heterocycles. The zero-order chi connectivity index (χ0) is 13.9. The minimum Gasteiger partial charge on any atom is -0.469 e. The lowest BCUT2D eigenvalue weighted by atomic mass is 10.2. The molecule has 0 aliphatic heterocycles. The van der Waals surface area contributed by atoms with Crippen molar-refractivity contribution in [1.82, 2.24) is 14.4 Å². The van der Waals surface area contributed by atoms with Crippen LogP contribution in [0.3, 0.4) is 0 Å². The van der Waals surface area contributed by atoms with Gasteiger partial charge in [0.15, 0.2) is 4.96 Å². The van der Waals surface area contributed by atoms with E-state index in [0.29, 0.717) is 12.8 Å². The zero-order valence-corrected chi connectivity index (χ0v) is 11.8. The van der Waals surface area contributed by atoms with Crippen molar-refractivity contribution in [3.8, 4) is 11.3 Å². The Hall–Kier alpha value is -2.21. The molecule has 0 aliphatic rings. The number of carbonyl (C=O) groups is 1. The third-order valence-electron chi connectivity index (χ3n) is 3.07. The van der Waals surface area contributed by atoms with Crippen LogP contribution >= 0.6 is 11.3 Å². The van der Waals surface area contributed by atoms with E-state index < -0.39 is 0 Å². The van der Waals surface area contributed by atoms with Gasteiger partial charge in [0, 0.05) is 35.2 Å². The number of hydrogen-bond donors (Lipinski definition) is 0. The van der Waals surface area contributed by atoms with E-state index in [1.54, 1.807) is 23.7 Å². The Morgan fingerprint density at radius 1 is 1.40 bits per heavy atom. The SMILES string of the molecule is COC(=O)CCc1csc2nc(-c3ccncc3)cn12. The summed E-state index contributed by atoms with van der Waals surface area (Å²) in [6.07, 6.45) is 6.53. The summed E-state index contributed by atoms with van der Waals surface area (Å²) in [5, 5.41) is 2.03. The van der Waals surface area contributed by atoms with Gasteiger partial charge in [-0.25, -0.2) is 4.98 Å². The molecule has 6 heteroatoms. The van der Waals surface area contributed by atoms with Gasteiger partial charge in [0.2, 0.25) is 0 Å². The lowest BCUT2D eigenvalue weighted by Crippen LogP contribution is -2.02. The van der Waals surface area contributed by atoms with Crippen molar-refractivity contribution >= 4 is 22.3 Å². The summed E-state index contributed by atoms with van der Waals surface area (Å²) < 4.78 is 6.70. The van der Waals surface area contributed by atoms with Crippen LogP contribution < -0.4 is 0 Å². The maximum absolute atomic E-state index is 11.2. The molecular formula is C14H13N3O2S. The van der Waals surface area contributed by atoms with E-state index in [9.17, 15) is 4.79 Å². The molecule has 0 unspecified atom stereocenters. The third kappa shape index (κ3) is 2.42. The molecule has 20 heavy (non-hydrogen) atoms. The smallest absolute Gasteiger partial charge is 0.305 e. The van der Waals surface area contributed by atoms with Crippen LogP contribution in [0.25, 0.3) is 16.2 Å². The topological polar surface area (TPSA) is 56.5 Å². The highest BCUT2D eigenvalue weighted by Gasteiger charge is 2.10. The molecule has 0 saturated carbocycles. The van der Waals surface area contributed by atoms with Gasteiger partial charge >= 0.3 is 5.97 Å². The monoisotopic (exact) mass is 287 g/mol. The van der Waals surface area contributed by atoms with Crippen LogP contribution in [0, 0.1) is 0 Å². The number of aromatic nitrogens is 3. The normalized spacial score (nSPS) is 10.8. The molecular weight excluding hydrogens is 274 g/mol. The van der Waals surface area contributed by atoms with Gasteiger partial charge in [-0.2, -0.15) is 0 Å². The first-order valence-corrected chi connectivity index (χ1v) is 7.08. The lowest BCUT2D eigenvalue weighted by Gasteiger charge is -1.98. The Balaban J connectivity index is 1.89. The highest BCUT2D eigenvalue weighted by Crippen LogP contribution is 2.23. The van der Waals surface area contributed by atoms with E-state index in [0.717, 1.165) is 21.9 Å². The summed E-state index contributed by atoms with van der Waals surface area (Å²) in [7, 11) is 1.41. The number of thiazole rings is 1. The summed E-state index contributed by atoms with van der Waals surface area (Å²) in [6, 6.07) is 3.86. The molecule has 0 atom stereocenters. The number of methoxy groups -OCH3 is 1. The molecule has 5 nitrogen and oxygen atoms in total. The van der Waals surface area contributed by atoms with Gasteiger partial charge in [0.05, 0.1) is 19.2 Å². The molecule has 0 radical (unpaired) electrons. The van der Waals surface area contributed by atoms with Crippen molar-refractivity contribution in [2.45, 2.75) is 12.8 Å². The number of hydrogen-bond acceptors (Lipinski definition) is 5. The maximum atomic E-state index is 11.2. The first-order valence-electron chi connectivity index (χ1n) is 6.20. The number of ether oxygens (including phenoxy) is 1. The lowest BCUT2D eigenvalue weighted by molar-refractivity contribution is -0.140. The van der Waals surface area contributed by atoms with Gasteiger partial charge in [0.1, 0.15) is 0 Å². The summed E-state index contributed by atoms with van der Waals surface area (Å²) in [4.78, 5) is 20.7. The fourth-order valence-corrected chi connectivity index (χ4v) is 2.91. The Kier molecular flexibility index (Phi) is 3.47. The molecule has 102 valence electrons. The summed E-state index contributed by atoms with van der Waals surface area (Å²) in [5.74, 6) is -0.196. The van der Waals surface area contributed by atoms with Gasteiger partial charge in [-0.3, -0.25) is 14.2 Å². The van der Waals surface area contributed by atoms with Crippen LogP contribution in [0.2, 0.25) is 0 Å². The average molecular weight is 287 g/mol. The number of nitrogens with zero attached hydrogens (tertiary/aromatic N) is 3. The number of rotatable bonds is 4. The standard InChI is InChI=1S/C14H13N3O2S/c1-19-13(18)3-2-11-9-20-14-16-12(8-17(11)14)10-4-6-15-7-5-10/h4-9H,2-3H2,1H3. The van der Waals surface area contributed by atoms with Crippen molar-refractivity contribution < 1.29 is 9.53 Å². The van der Waals surface area contributed by atoms with E-state index in [1.807, 2.05) is 28.1 Å². The van der Waals surface area contributed by atoms with E-state index in [1.165, 1.54) is 7.11 Å². The molecule has 3 heterocycles.